The molecule has 0 radical (unpaired) electrons. The van der Waals surface area contributed by atoms with Crippen LogP contribution in [0.1, 0.15) is 56.1 Å². The fourth-order valence-electron chi connectivity index (χ4n) is 8.77. The van der Waals surface area contributed by atoms with Crippen molar-refractivity contribution in [2.45, 2.75) is 50.5 Å². The van der Waals surface area contributed by atoms with Crippen LogP contribution in [0, 0.1) is 23.2 Å². The van der Waals surface area contributed by atoms with Crippen LogP contribution in [0.15, 0.2) is 60.7 Å². The van der Waals surface area contributed by atoms with E-state index in [9.17, 15) is 0 Å². The second-order valence-electron chi connectivity index (χ2n) is 11.3. The van der Waals surface area contributed by atoms with Crippen LogP contribution in [-0.4, -0.2) is 43.0 Å². The summed E-state index contributed by atoms with van der Waals surface area (Å²) in [5.74, 6) is 2.85. The van der Waals surface area contributed by atoms with Crippen LogP contribution in [0.2, 0.25) is 0 Å². The largest absolute Gasteiger partial charge is 0.305 e. The second-order valence-corrected chi connectivity index (χ2v) is 11.3. The predicted octanol–water partition coefficient (Wildman–Crippen LogP) is 5.78. The monoisotopic (exact) mass is 414 g/mol. The van der Waals surface area contributed by atoms with Gasteiger partial charge in [-0.25, -0.2) is 0 Å². The molecule has 5 aliphatic rings. The van der Waals surface area contributed by atoms with Crippen molar-refractivity contribution in [2.24, 2.45) is 23.2 Å². The van der Waals surface area contributed by atoms with E-state index in [1.165, 1.54) is 71.1 Å². The highest BCUT2D eigenvalue weighted by atomic mass is 15.3. The molecule has 1 heterocycles. The van der Waals surface area contributed by atoms with Crippen molar-refractivity contribution >= 4 is 0 Å². The van der Waals surface area contributed by atoms with Crippen LogP contribution in [0.3, 0.4) is 0 Å². The summed E-state index contributed by atoms with van der Waals surface area (Å²) in [6.45, 7) is 4.77. The molecule has 2 aromatic rings. The van der Waals surface area contributed by atoms with Gasteiger partial charge in [0.25, 0.3) is 0 Å². The second kappa shape index (κ2) is 7.74. The van der Waals surface area contributed by atoms with E-state index in [0.29, 0.717) is 5.41 Å². The van der Waals surface area contributed by atoms with Gasteiger partial charge in [0.05, 0.1) is 5.54 Å². The van der Waals surface area contributed by atoms with E-state index in [2.05, 4.69) is 77.5 Å². The van der Waals surface area contributed by atoms with Gasteiger partial charge in [-0.15, -0.1) is 0 Å². The average molecular weight is 415 g/mol. The van der Waals surface area contributed by atoms with Crippen molar-refractivity contribution in [1.82, 2.24) is 9.80 Å². The summed E-state index contributed by atoms with van der Waals surface area (Å²) in [6, 6.07) is 23.4. The van der Waals surface area contributed by atoms with Crippen LogP contribution in [0.4, 0.5) is 0 Å². The third-order valence-electron chi connectivity index (χ3n) is 9.38. The quantitative estimate of drug-likeness (QED) is 0.625. The predicted molar refractivity (Wildman–Crippen MR) is 128 cm³/mol. The molecule has 0 unspecified atom stereocenters. The van der Waals surface area contributed by atoms with Gasteiger partial charge in [-0.05, 0) is 92.8 Å². The Hall–Kier alpha value is -1.64. The van der Waals surface area contributed by atoms with Crippen LogP contribution in [0.25, 0.3) is 0 Å². The number of nitrogens with zero attached hydrogens (tertiary/aromatic N) is 2. The highest BCUT2D eigenvalue weighted by Gasteiger charge is 2.63. The molecular formula is C29H38N2. The van der Waals surface area contributed by atoms with E-state index in [4.69, 9.17) is 0 Å². The highest BCUT2D eigenvalue weighted by molar-refractivity contribution is 5.43. The molecule has 31 heavy (non-hydrogen) atoms. The Morgan fingerprint density at radius 1 is 0.677 bits per heavy atom. The van der Waals surface area contributed by atoms with Crippen molar-refractivity contribution in [1.29, 1.82) is 0 Å². The van der Waals surface area contributed by atoms with Gasteiger partial charge in [0.2, 0.25) is 0 Å². The first-order chi connectivity index (χ1) is 15.2. The van der Waals surface area contributed by atoms with Crippen LogP contribution >= 0.6 is 0 Å². The van der Waals surface area contributed by atoms with Crippen LogP contribution in [-0.2, 0) is 5.54 Å². The maximum absolute atomic E-state index is 2.95. The lowest BCUT2D eigenvalue weighted by Gasteiger charge is -2.66. The van der Waals surface area contributed by atoms with Gasteiger partial charge in [0, 0.05) is 19.6 Å². The van der Waals surface area contributed by atoms with Gasteiger partial charge < -0.3 is 4.90 Å². The lowest BCUT2D eigenvalue weighted by atomic mass is 9.42. The molecule has 2 nitrogen and oxygen atoms in total. The van der Waals surface area contributed by atoms with Crippen molar-refractivity contribution < 1.29 is 0 Å². The molecule has 4 saturated carbocycles. The molecule has 1 saturated heterocycles. The van der Waals surface area contributed by atoms with Gasteiger partial charge in [-0.2, -0.15) is 0 Å². The van der Waals surface area contributed by atoms with E-state index in [0.717, 1.165) is 17.8 Å². The van der Waals surface area contributed by atoms with E-state index in [-0.39, 0.29) is 5.54 Å². The molecule has 164 valence electrons. The standard InChI is InChI=1S/C29H38N2/c1-30-13-8-14-31(16-15-30)29(26-9-4-2-5-10-26,27-11-6-3-7-12-27)28-20-23-17-24(21-28)19-25(18-23)22-28/h2-7,9-12,23-25H,8,13-22H2,1H3. The third kappa shape index (κ3) is 3.13. The number of likely N-dealkylation sites (N-methyl/N-ethyl adjacent to an activating group) is 1. The first-order valence-electron chi connectivity index (χ1n) is 12.7. The topological polar surface area (TPSA) is 6.48 Å². The molecule has 7 rings (SSSR count). The molecule has 0 aromatic heterocycles. The number of rotatable bonds is 4. The van der Waals surface area contributed by atoms with E-state index >= 15 is 0 Å². The highest BCUT2D eigenvalue weighted by Crippen LogP contribution is 2.68. The SMILES string of the molecule is CN1CCCN(C(c2ccccc2)(c2ccccc2)C23CC4CC(CC(C4)C2)C3)CC1. The minimum Gasteiger partial charge on any atom is -0.305 e. The molecule has 0 N–H and O–H groups in total. The van der Waals surface area contributed by atoms with Crippen LogP contribution < -0.4 is 0 Å². The normalized spacial score (nSPS) is 34.0. The Kier molecular flexibility index (Phi) is 5.00. The van der Waals surface area contributed by atoms with Crippen molar-refractivity contribution in [3.8, 4) is 0 Å². The lowest BCUT2D eigenvalue weighted by Crippen LogP contribution is -2.64. The summed E-state index contributed by atoms with van der Waals surface area (Å²) >= 11 is 0. The first-order valence-corrected chi connectivity index (χ1v) is 12.7. The summed E-state index contributed by atoms with van der Waals surface area (Å²) in [7, 11) is 2.31. The zero-order valence-electron chi connectivity index (χ0n) is 19.2. The molecule has 0 atom stereocenters. The van der Waals surface area contributed by atoms with Crippen molar-refractivity contribution in [3.05, 3.63) is 71.8 Å². The summed E-state index contributed by atoms with van der Waals surface area (Å²) in [5, 5.41) is 0. The molecular weight excluding hydrogens is 376 g/mol. The van der Waals surface area contributed by atoms with Crippen LogP contribution in [0.5, 0.6) is 0 Å². The number of benzene rings is 2. The zero-order valence-corrected chi connectivity index (χ0v) is 19.2. The van der Waals surface area contributed by atoms with Gasteiger partial charge in [0.15, 0.2) is 0 Å². The summed E-state index contributed by atoms with van der Waals surface area (Å²) in [6.07, 6.45) is 10.1. The first kappa shape index (κ1) is 20.0. The van der Waals surface area contributed by atoms with Crippen molar-refractivity contribution in [2.75, 3.05) is 33.2 Å². The van der Waals surface area contributed by atoms with Gasteiger partial charge in [0.1, 0.15) is 0 Å². The van der Waals surface area contributed by atoms with E-state index in [1.54, 1.807) is 11.1 Å². The molecule has 0 spiro atoms. The van der Waals surface area contributed by atoms with E-state index in [1.807, 2.05) is 0 Å². The third-order valence-corrected chi connectivity index (χ3v) is 9.38. The lowest BCUT2D eigenvalue weighted by molar-refractivity contribution is -0.137. The number of hydrogen-bond acceptors (Lipinski definition) is 2. The maximum atomic E-state index is 2.95. The van der Waals surface area contributed by atoms with Gasteiger partial charge in [-0.3, -0.25) is 4.90 Å². The van der Waals surface area contributed by atoms with Gasteiger partial charge in [-0.1, -0.05) is 60.7 Å². The minimum absolute atomic E-state index is 0.00326. The summed E-state index contributed by atoms with van der Waals surface area (Å²) in [4.78, 5) is 5.49. The fourth-order valence-corrected chi connectivity index (χ4v) is 8.77. The Bertz CT molecular complexity index is 815. The van der Waals surface area contributed by atoms with E-state index < -0.39 is 0 Å². The Morgan fingerprint density at radius 3 is 1.71 bits per heavy atom. The Balaban J connectivity index is 1.59. The minimum atomic E-state index is -0.00326. The Labute approximate surface area is 188 Å². The van der Waals surface area contributed by atoms with Crippen molar-refractivity contribution in [3.63, 3.8) is 0 Å². The molecule has 5 fully saturated rings. The summed E-state index contributed by atoms with van der Waals surface area (Å²) in [5.41, 5.74) is 3.46. The summed E-state index contributed by atoms with van der Waals surface area (Å²) < 4.78 is 0. The average Bonchev–Trinajstić information content (AvgIpc) is 2.99. The molecule has 0 amide bonds. The van der Waals surface area contributed by atoms with Gasteiger partial charge >= 0.3 is 0 Å². The zero-order chi connectivity index (χ0) is 20.9. The molecule has 2 aromatic carbocycles. The molecule has 4 aliphatic carbocycles. The molecule has 4 bridgehead atoms. The maximum Gasteiger partial charge on any atom is 0.0773 e. The molecule has 2 heteroatoms. The molecule has 1 aliphatic heterocycles. The Morgan fingerprint density at radius 2 is 1.19 bits per heavy atom. The number of hydrogen-bond donors (Lipinski definition) is 0. The fraction of sp³-hybridized carbons (Fsp3) is 0.586. The smallest absolute Gasteiger partial charge is 0.0773 e.